The summed E-state index contributed by atoms with van der Waals surface area (Å²) in [6, 6.07) is 15.4. The van der Waals surface area contributed by atoms with Gasteiger partial charge in [0.15, 0.2) is 5.11 Å². The van der Waals surface area contributed by atoms with Gasteiger partial charge < -0.3 is 0 Å². The van der Waals surface area contributed by atoms with E-state index >= 15 is 0 Å². The second-order valence-electron chi connectivity index (χ2n) is 5.74. The van der Waals surface area contributed by atoms with Crippen molar-refractivity contribution < 1.29 is 14.0 Å². The quantitative estimate of drug-likeness (QED) is 0.582. The van der Waals surface area contributed by atoms with Gasteiger partial charge in [-0.2, -0.15) is 0 Å². The third-order valence-corrected chi connectivity index (χ3v) is 4.20. The summed E-state index contributed by atoms with van der Waals surface area (Å²) < 4.78 is 13.5. The summed E-state index contributed by atoms with van der Waals surface area (Å²) in [6.45, 7) is 0. The van der Waals surface area contributed by atoms with Gasteiger partial charge in [0.2, 0.25) is 5.91 Å². The smallest absolute Gasteiger partial charge is 0.260 e. The van der Waals surface area contributed by atoms with E-state index in [1.54, 1.807) is 6.07 Å². The van der Waals surface area contributed by atoms with Crippen LogP contribution in [0.25, 0.3) is 0 Å². The lowest BCUT2D eigenvalue weighted by molar-refractivity contribution is -0.123. The number of thiocarbonyl (C=S) groups is 1. The molecule has 25 heavy (non-hydrogen) atoms. The van der Waals surface area contributed by atoms with Crippen LogP contribution in [0.5, 0.6) is 0 Å². The van der Waals surface area contributed by atoms with Gasteiger partial charge in [-0.1, -0.05) is 42.5 Å². The average Bonchev–Trinajstić information content (AvgIpc) is 3.41. The molecule has 2 amide bonds. The summed E-state index contributed by atoms with van der Waals surface area (Å²) in [6.07, 6.45) is 0.770. The van der Waals surface area contributed by atoms with Crippen molar-refractivity contribution in [2.24, 2.45) is 5.92 Å². The van der Waals surface area contributed by atoms with E-state index in [0.29, 0.717) is 0 Å². The van der Waals surface area contributed by atoms with Crippen molar-refractivity contribution in [2.45, 2.75) is 12.3 Å². The number of amides is 2. The fourth-order valence-corrected chi connectivity index (χ4v) is 2.76. The van der Waals surface area contributed by atoms with Crippen LogP contribution in [0, 0.1) is 11.7 Å². The van der Waals surface area contributed by atoms with E-state index in [-0.39, 0.29) is 28.4 Å². The molecular formula is C18H16FN3O2S. The molecule has 2 atom stereocenters. The molecule has 0 bridgehead atoms. The summed E-state index contributed by atoms with van der Waals surface area (Å²) in [7, 11) is 0. The van der Waals surface area contributed by atoms with Gasteiger partial charge >= 0.3 is 0 Å². The fraction of sp³-hybridized carbons (Fsp3) is 0.167. The van der Waals surface area contributed by atoms with Crippen molar-refractivity contribution in [3.63, 3.8) is 0 Å². The molecule has 1 fully saturated rings. The summed E-state index contributed by atoms with van der Waals surface area (Å²) in [5.41, 5.74) is 5.95. The standard InChI is InChI=1S/C18H16FN3O2S/c19-15-9-5-4-8-12(15)16(23)20-18(25)22-21-17(24)14-10-13(14)11-6-2-1-3-7-11/h1-9,13-14H,10H2,(H,21,24)(H2,20,22,23,25)/t13-,14+/m0/s1. The van der Waals surface area contributed by atoms with Crippen LogP contribution < -0.4 is 16.2 Å². The molecule has 1 aliphatic carbocycles. The topological polar surface area (TPSA) is 70.2 Å². The minimum atomic E-state index is -0.682. The predicted octanol–water partition coefficient (Wildman–Crippen LogP) is 2.26. The van der Waals surface area contributed by atoms with Crippen LogP contribution in [0.15, 0.2) is 54.6 Å². The number of hydrogen-bond donors (Lipinski definition) is 3. The molecule has 7 heteroatoms. The first kappa shape index (κ1) is 17.0. The molecule has 2 aromatic rings. The zero-order chi connectivity index (χ0) is 17.8. The molecular weight excluding hydrogens is 341 g/mol. The lowest BCUT2D eigenvalue weighted by Crippen LogP contribution is -2.49. The maximum atomic E-state index is 13.5. The zero-order valence-corrected chi connectivity index (χ0v) is 14.0. The first-order valence-electron chi connectivity index (χ1n) is 7.77. The molecule has 128 valence electrons. The van der Waals surface area contributed by atoms with Crippen molar-refractivity contribution in [2.75, 3.05) is 0 Å². The van der Waals surface area contributed by atoms with Gasteiger partial charge in [0.1, 0.15) is 5.82 Å². The van der Waals surface area contributed by atoms with Crippen LogP contribution in [0.3, 0.4) is 0 Å². The number of rotatable bonds is 3. The Labute approximate surface area is 149 Å². The van der Waals surface area contributed by atoms with E-state index in [2.05, 4.69) is 16.2 Å². The Morgan fingerprint density at radius 3 is 2.40 bits per heavy atom. The van der Waals surface area contributed by atoms with E-state index in [0.717, 1.165) is 12.0 Å². The minimum absolute atomic E-state index is 0.0986. The summed E-state index contributed by atoms with van der Waals surface area (Å²) in [5, 5.41) is 2.22. The van der Waals surface area contributed by atoms with Crippen LogP contribution >= 0.6 is 12.2 Å². The third-order valence-electron chi connectivity index (χ3n) is 4.00. The highest BCUT2D eigenvalue weighted by Gasteiger charge is 2.43. The van der Waals surface area contributed by atoms with Gasteiger partial charge in [-0.15, -0.1) is 0 Å². The average molecular weight is 357 g/mol. The molecule has 0 radical (unpaired) electrons. The molecule has 1 aliphatic rings. The van der Waals surface area contributed by atoms with Crippen LogP contribution in [0.4, 0.5) is 4.39 Å². The number of hydrogen-bond acceptors (Lipinski definition) is 3. The monoisotopic (exact) mass is 357 g/mol. The lowest BCUT2D eigenvalue weighted by Gasteiger charge is -2.11. The van der Waals surface area contributed by atoms with Gasteiger partial charge in [0.05, 0.1) is 5.56 Å². The third kappa shape index (κ3) is 4.19. The normalized spacial score (nSPS) is 18.1. The van der Waals surface area contributed by atoms with Gasteiger partial charge in [-0.05, 0) is 42.3 Å². The Morgan fingerprint density at radius 2 is 1.68 bits per heavy atom. The number of halogens is 1. The van der Waals surface area contributed by atoms with Crippen LogP contribution in [0.1, 0.15) is 28.3 Å². The Bertz CT molecular complexity index is 813. The van der Waals surface area contributed by atoms with Gasteiger partial charge in [0.25, 0.3) is 5.91 Å². The second kappa shape index (κ2) is 7.40. The molecule has 5 nitrogen and oxygen atoms in total. The number of carbonyl (C=O) groups excluding carboxylic acids is 2. The van der Waals surface area contributed by atoms with Crippen molar-refractivity contribution >= 4 is 29.1 Å². The number of nitrogens with one attached hydrogen (secondary N) is 3. The molecule has 0 heterocycles. The predicted molar refractivity (Wildman–Crippen MR) is 95.0 cm³/mol. The Hall–Kier alpha value is -2.80. The molecule has 3 N–H and O–H groups in total. The van der Waals surface area contributed by atoms with Crippen LogP contribution in [0.2, 0.25) is 0 Å². The van der Waals surface area contributed by atoms with Crippen LogP contribution in [-0.4, -0.2) is 16.9 Å². The molecule has 0 saturated heterocycles. The van der Waals surface area contributed by atoms with Gasteiger partial charge in [0, 0.05) is 5.92 Å². The van der Waals surface area contributed by atoms with Crippen molar-refractivity contribution in [3.8, 4) is 0 Å². The fourth-order valence-electron chi connectivity index (χ4n) is 2.61. The SMILES string of the molecule is O=C(NC(=S)NNC(=O)[C@@H]1C[C@H]1c1ccccc1)c1ccccc1F. The second-order valence-corrected chi connectivity index (χ2v) is 6.14. The molecule has 1 saturated carbocycles. The van der Waals surface area contributed by atoms with Crippen molar-refractivity contribution in [1.29, 1.82) is 0 Å². The Kier molecular flexibility index (Phi) is 5.04. The van der Waals surface area contributed by atoms with E-state index in [1.807, 2.05) is 30.3 Å². The Balaban J connectivity index is 1.46. The number of carbonyl (C=O) groups is 2. The van der Waals surface area contributed by atoms with Crippen molar-refractivity contribution in [3.05, 3.63) is 71.5 Å². The highest BCUT2D eigenvalue weighted by atomic mass is 32.1. The minimum Gasteiger partial charge on any atom is -0.298 e. The maximum absolute atomic E-state index is 13.5. The molecule has 0 unspecified atom stereocenters. The summed E-state index contributed by atoms with van der Waals surface area (Å²) >= 11 is 4.94. The van der Waals surface area contributed by atoms with E-state index < -0.39 is 11.7 Å². The maximum Gasteiger partial charge on any atom is 0.260 e. The van der Waals surface area contributed by atoms with Crippen molar-refractivity contribution in [1.82, 2.24) is 16.2 Å². The lowest BCUT2D eigenvalue weighted by atomic mass is 10.1. The highest BCUT2D eigenvalue weighted by Crippen LogP contribution is 2.47. The van der Waals surface area contributed by atoms with E-state index in [4.69, 9.17) is 12.2 Å². The molecule has 3 rings (SSSR count). The zero-order valence-electron chi connectivity index (χ0n) is 13.2. The summed E-state index contributed by atoms with van der Waals surface area (Å²) in [4.78, 5) is 24.0. The molecule has 0 aliphatic heterocycles. The molecule has 2 aromatic carbocycles. The molecule has 0 spiro atoms. The first-order chi connectivity index (χ1) is 12.1. The van der Waals surface area contributed by atoms with Gasteiger partial charge in [-0.25, -0.2) is 4.39 Å². The van der Waals surface area contributed by atoms with E-state index in [1.165, 1.54) is 18.2 Å². The van der Waals surface area contributed by atoms with Crippen LogP contribution in [-0.2, 0) is 4.79 Å². The van der Waals surface area contributed by atoms with E-state index in [9.17, 15) is 14.0 Å². The highest BCUT2D eigenvalue weighted by molar-refractivity contribution is 7.80. The number of benzene rings is 2. The largest absolute Gasteiger partial charge is 0.298 e. The first-order valence-corrected chi connectivity index (χ1v) is 8.17. The van der Waals surface area contributed by atoms with Gasteiger partial charge in [-0.3, -0.25) is 25.8 Å². The molecule has 0 aromatic heterocycles. The number of hydrazine groups is 1. The Morgan fingerprint density at radius 1 is 1.00 bits per heavy atom. The summed E-state index contributed by atoms with van der Waals surface area (Å²) in [5.74, 6) is -1.45.